The number of rotatable bonds is 4. The van der Waals surface area contributed by atoms with Crippen LogP contribution in [0.15, 0.2) is 24.3 Å². The molecule has 0 spiro atoms. The van der Waals surface area contributed by atoms with E-state index in [-0.39, 0.29) is 0 Å². The van der Waals surface area contributed by atoms with Gasteiger partial charge in [0.2, 0.25) is 0 Å². The van der Waals surface area contributed by atoms with Gasteiger partial charge in [-0.3, -0.25) is 0 Å². The van der Waals surface area contributed by atoms with Crippen LogP contribution in [0, 0.1) is 5.92 Å². The highest BCUT2D eigenvalue weighted by Gasteiger charge is 2.03. The Morgan fingerprint density at radius 3 is 2.82 bits per heavy atom. The Kier molecular flexibility index (Phi) is 4.03. The predicted molar refractivity (Wildman–Crippen MR) is 50.5 cm³/mol. The molecule has 0 amide bonds. The highest BCUT2D eigenvalue weighted by atomic mass is 14.1. The van der Waals surface area contributed by atoms with Crippen molar-refractivity contribution >= 4 is 0 Å². The second kappa shape index (κ2) is 5.17. The van der Waals surface area contributed by atoms with Gasteiger partial charge in [0.25, 0.3) is 0 Å². The van der Waals surface area contributed by atoms with Crippen molar-refractivity contribution in [2.75, 3.05) is 0 Å². The van der Waals surface area contributed by atoms with Crippen LogP contribution in [-0.2, 0) is 0 Å². The van der Waals surface area contributed by atoms with E-state index in [0.717, 1.165) is 5.92 Å². The molecule has 1 rings (SSSR count). The molecule has 0 unspecified atom stereocenters. The van der Waals surface area contributed by atoms with Crippen molar-refractivity contribution in [3.05, 3.63) is 24.3 Å². The smallest absolute Gasteiger partial charge is 0.0196 e. The summed E-state index contributed by atoms with van der Waals surface area (Å²) in [6, 6.07) is 0. The Morgan fingerprint density at radius 1 is 1.27 bits per heavy atom. The summed E-state index contributed by atoms with van der Waals surface area (Å²) in [4.78, 5) is 0. The molecule has 0 radical (unpaired) electrons. The van der Waals surface area contributed by atoms with E-state index in [0.29, 0.717) is 0 Å². The molecule has 0 saturated heterocycles. The standard InChI is InChI=1S/C11H18/c1-2-3-5-8-11-9-6-4-7-10-11/h4,6-7,9,11H,2-3,5,8,10H2,1H3/t11-/m1/s1. The topological polar surface area (TPSA) is 0 Å². The van der Waals surface area contributed by atoms with Gasteiger partial charge in [0.1, 0.15) is 0 Å². The van der Waals surface area contributed by atoms with Crippen LogP contribution in [0.2, 0.25) is 0 Å². The van der Waals surface area contributed by atoms with Crippen LogP contribution in [0.25, 0.3) is 0 Å². The zero-order valence-electron chi connectivity index (χ0n) is 7.42. The van der Waals surface area contributed by atoms with Crippen molar-refractivity contribution < 1.29 is 0 Å². The van der Waals surface area contributed by atoms with Crippen molar-refractivity contribution in [2.45, 2.75) is 39.0 Å². The lowest BCUT2D eigenvalue weighted by atomic mass is 9.95. The maximum absolute atomic E-state index is 2.34. The fourth-order valence-corrected chi connectivity index (χ4v) is 1.50. The van der Waals surface area contributed by atoms with Gasteiger partial charge < -0.3 is 0 Å². The Balaban J connectivity index is 2.07. The Morgan fingerprint density at radius 2 is 2.18 bits per heavy atom. The van der Waals surface area contributed by atoms with E-state index in [9.17, 15) is 0 Å². The lowest BCUT2D eigenvalue weighted by Gasteiger charge is -2.11. The van der Waals surface area contributed by atoms with E-state index in [4.69, 9.17) is 0 Å². The van der Waals surface area contributed by atoms with Gasteiger partial charge in [0, 0.05) is 0 Å². The molecule has 0 aromatic rings. The van der Waals surface area contributed by atoms with Crippen molar-refractivity contribution in [3.63, 3.8) is 0 Å². The van der Waals surface area contributed by atoms with Gasteiger partial charge in [-0.05, 0) is 18.8 Å². The van der Waals surface area contributed by atoms with Crippen molar-refractivity contribution in [1.82, 2.24) is 0 Å². The molecule has 0 nitrogen and oxygen atoms in total. The Hall–Kier alpha value is -0.520. The molecule has 0 aromatic heterocycles. The highest BCUT2D eigenvalue weighted by Crippen LogP contribution is 2.18. The summed E-state index contributed by atoms with van der Waals surface area (Å²) < 4.78 is 0. The molecule has 0 N–H and O–H groups in total. The van der Waals surface area contributed by atoms with Gasteiger partial charge in [-0.2, -0.15) is 0 Å². The van der Waals surface area contributed by atoms with Gasteiger partial charge >= 0.3 is 0 Å². The van der Waals surface area contributed by atoms with E-state index in [1.807, 2.05) is 0 Å². The van der Waals surface area contributed by atoms with Gasteiger partial charge in [0.15, 0.2) is 0 Å². The fourth-order valence-electron chi connectivity index (χ4n) is 1.50. The van der Waals surface area contributed by atoms with Crippen molar-refractivity contribution in [1.29, 1.82) is 0 Å². The molecule has 1 aliphatic rings. The second-order valence-electron chi connectivity index (χ2n) is 3.30. The van der Waals surface area contributed by atoms with Gasteiger partial charge in [-0.25, -0.2) is 0 Å². The third-order valence-electron chi connectivity index (χ3n) is 2.25. The zero-order chi connectivity index (χ0) is 7.94. The maximum atomic E-state index is 2.34. The average molecular weight is 150 g/mol. The van der Waals surface area contributed by atoms with E-state index >= 15 is 0 Å². The summed E-state index contributed by atoms with van der Waals surface area (Å²) in [7, 11) is 0. The molecule has 0 bridgehead atoms. The summed E-state index contributed by atoms with van der Waals surface area (Å²) in [6.45, 7) is 2.26. The van der Waals surface area contributed by atoms with Crippen LogP contribution in [0.3, 0.4) is 0 Å². The molecule has 0 saturated carbocycles. The second-order valence-corrected chi connectivity index (χ2v) is 3.30. The van der Waals surface area contributed by atoms with Gasteiger partial charge in [-0.1, -0.05) is 50.5 Å². The van der Waals surface area contributed by atoms with Gasteiger partial charge in [-0.15, -0.1) is 0 Å². The minimum Gasteiger partial charge on any atom is -0.0840 e. The molecular weight excluding hydrogens is 132 g/mol. The molecule has 1 aliphatic carbocycles. The largest absolute Gasteiger partial charge is 0.0840 e. The molecule has 0 aromatic carbocycles. The Bertz CT molecular complexity index is 142. The van der Waals surface area contributed by atoms with E-state index in [1.165, 1.54) is 32.1 Å². The predicted octanol–water partition coefficient (Wildman–Crippen LogP) is 3.70. The molecular formula is C11H18. The van der Waals surface area contributed by atoms with Crippen LogP contribution in [-0.4, -0.2) is 0 Å². The first-order valence-corrected chi connectivity index (χ1v) is 4.77. The third kappa shape index (κ3) is 3.41. The van der Waals surface area contributed by atoms with Crippen LogP contribution >= 0.6 is 0 Å². The van der Waals surface area contributed by atoms with Crippen LogP contribution in [0.1, 0.15) is 39.0 Å². The first kappa shape index (κ1) is 8.58. The minimum atomic E-state index is 0.839. The number of unbranched alkanes of at least 4 members (excludes halogenated alkanes) is 2. The molecule has 62 valence electrons. The van der Waals surface area contributed by atoms with Crippen molar-refractivity contribution in [2.24, 2.45) is 5.92 Å². The average Bonchev–Trinajstić information content (AvgIpc) is 2.07. The summed E-state index contributed by atoms with van der Waals surface area (Å²) in [5.74, 6) is 0.839. The Labute approximate surface area is 70.0 Å². The van der Waals surface area contributed by atoms with Crippen molar-refractivity contribution in [3.8, 4) is 0 Å². The summed E-state index contributed by atoms with van der Waals surface area (Å²) in [6.07, 6.45) is 15.7. The quantitative estimate of drug-likeness (QED) is 0.536. The first-order valence-electron chi connectivity index (χ1n) is 4.77. The number of hydrogen-bond acceptors (Lipinski definition) is 0. The molecule has 0 heteroatoms. The molecule has 11 heavy (non-hydrogen) atoms. The molecule has 0 aliphatic heterocycles. The maximum Gasteiger partial charge on any atom is -0.0196 e. The van der Waals surface area contributed by atoms with Crippen LogP contribution < -0.4 is 0 Å². The SMILES string of the molecule is CCCCC[C@@H]1C=CC=CC1. The summed E-state index contributed by atoms with van der Waals surface area (Å²) in [5, 5.41) is 0. The third-order valence-corrected chi connectivity index (χ3v) is 2.25. The van der Waals surface area contributed by atoms with E-state index in [1.54, 1.807) is 0 Å². The van der Waals surface area contributed by atoms with Crippen LogP contribution in [0.4, 0.5) is 0 Å². The highest BCUT2D eigenvalue weighted by molar-refractivity contribution is 5.10. The zero-order valence-corrected chi connectivity index (χ0v) is 7.42. The molecule has 0 heterocycles. The fraction of sp³-hybridized carbons (Fsp3) is 0.636. The summed E-state index contributed by atoms with van der Waals surface area (Å²) in [5.41, 5.74) is 0. The monoisotopic (exact) mass is 150 g/mol. The van der Waals surface area contributed by atoms with Crippen LogP contribution in [0.5, 0.6) is 0 Å². The summed E-state index contributed by atoms with van der Waals surface area (Å²) >= 11 is 0. The first-order chi connectivity index (χ1) is 5.43. The van der Waals surface area contributed by atoms with Gasteiger partial charge in [0.05, 0.1) is 0 Å². The van der Waals surface area contributed by atoms with E-state index < -0.39 is 0 Å². The lowest BCUT2D eigenvalue weighted by Crippen LogP contribution is -1.96. The minimum absolute atomic E-state index is 0.839. The lowest BCUT2D eigenvalue weighted by molar-refractivity contribution is 0.542. The normalized spacial score (nSPS) is 22.5. The molecule has 0 fully saturated rings. The number of allylic oxidation sites excluding steroid dienone is 4. The van der Waals surface area contributed by atoms with E-state index in [2.05, 4.69) is 31.2 Å². The number of hydrogen-bond donors (Lipinski definition) is 0. The molecule has 1 atom stereocenters.